The van der Waals surface area contributed by atoms with Crippen LogP contribution in [0.3, 0.4) is 0 Å². The minimum Gasteiger partial charge on any atom is -0.453 e. The topological polar surface area (TPSA) is 147 Å². The Balaban J connectivity index is 1.69. The third-order valence-electron chi connectivity index (χ3n) is 4.90. The summed E-state index contributed by atoms with van der Waals surface area (Å²) in [5.41, 5.74) is 14.2. The van der Waals surface area contributed by atoms with Gasteiger partial charge in [-0.3, -0.25) is 0 Å². The first-order valence-electron chi connectivity index (χ1n) is 9.77. The molecule has 4 aromatic rings. The lowest BCUT2D eigenvalue weighted by molar-refractivity contribution is 0.171. The zero-order valence-electron chi connectivity index (χ0n) is 17.2. The maximum absolute atomic E-state index is 14.2. The van der Waals surface area contributed by atoms with Crippen molar-refractivity contribution >= 4 is 28.8 Å². The fourth-order valence-corrected chi connectivity index (χ4v) is 3.32. The number of amides is 1. The van der Waals surface area contributed by atoms with Crippen LogP contribution in [0.2, 0.25) is 0 Å². The van der Waals surface area contributed by atoms with E-state index in [4.69, 9.17) is 11.5 Å². The first-order valence-corrected chi connectivity index (χ1v) is 9.77. The first-order chi connectivity index (χ1) is 15.5. The molecule has 0 fully saturated rings. The number of aromatic nitrogens is 5. The van der Waals surface area contributed by atoms with Gasteiger partial charge in [0.2, 0.25) is 0 Å². The monoisotopic (exact) mass is 436 g/mol. The summed E-state index contributed by atoms with van der Waals surface area (Å²) in [5.74, 6) is 0.262. The average Bonchev–Trinajstić information content (AvgIpc) is 3.15. The number of halogens is 1. The van der Waals surface area contributed by atoms with Crippen LogP contribution in [0.4, 0.5) is 20.8 Å². The van der Waals surface area contributed by atoms with Crippen LogP contribution in [-0.2, 0) is 17.7 Å². The molecular weight excluding hydrogens is 415 g/mol. The van der Waals surface area contributed by atoms with E-state index >= 15 is 0 Å². The lowest BCUT2D eigenvalue weighted by atomic mass is 10.2. The number of fused-ring (bicyclic) bond motifs is 1. The van der Waals surface area contributed by atoms with Crippen LogP contribution in [0.15, 0.2) is 42.6 Å². The first kappa shape index (κ1) is 21.0. The number of hydrogen-bond acceptors (Lipinski definition) is 8. The lowest BCUT2D eigenvalue weighted by Gasteiger charge is -2.10. The van der Waals surface area contributed by atoms with Crippen LogP contribution in [-0.4, -0.2) is 44.5 Å². The number of nitrogens with one attached hydrogen (secondary N) is 1. The Morgan fingerprint density at radius 1 is 1.16 bits per heavy atom. The number of nitrogens with zero attached hydrogens (tertiary/aromatic N) is 5. The van der Waals surface area contributed by atoms with E-state index in [1.54, 1.807) is 35.1 Å². The number of ether oxygens (including phenoxy) is 1. The van der Waals surface area contributed by atoms with Crippen LogP contribution in [0, 0.1) is 5.82 Å². The molecule has 0 atom stereocenters. The molecule has 11 heteroatoms. The van der Waals surface area contributed by atoms with Crippen LogP contribution in [0.1, 0.15) is 11.1 Å². The molecule has 3 heterocycles. The third-order valence-corrected chi connectivity index (χ3v) is 4.90. The van der Waals surface area contributed by atoms with Crippen LogP contribution in [0.25, 0.3) is 22.6 Å². The van der Waals surface area contributed by atoms with Gasteiger partial charge in [0.05, 0.1) is 19.0 Å². The van der Waals surface area contributed by atoms with Gasteiger partial charge in [0.1, 0.15) is 23.1 Å². The van der Waals surface area contributed by atoms with E-state index in [-0.39, 0.29) is 36.4 Å². The molecule has 3 aromatic heterocycles. The molecule has 0 unspecified atom stereocenters. The third kappa shape index (κ3) is 4.13. The molecule has 1 amide bonds. The van der Waals surface area contributed by atoms with Crippen LogP contribution < -0.4 is 16.8 Å². The van der Waals surface area contributed by atoms with Crippen molar-refractivity contribution in [3.05, 3.63) is 59.5 Å². The van der Waals surface area contributed by atoms with E-state index in [0.29, 0.717) is 34.3 Å². The van der Waals surface area contributed by atoms with Crippen molar-refractivity contribution in [2.24, 2.45) is 0 Å². The molecule has 0 aliphatic rings. The van der Waals surface area contributed by atoms with Gasteiger partial charge in [-0.2, -0.15) is 5.10 Å². The summed E-state index contributed by atoms with van der Waals surface area (Å²) in [7, 11) is 1.28. The van der Waals surface area contributed by atoms with Gasteiger partial charge in [-0.25, -0.2) is 28.8 Å². The number of rotatable bonds is 6. The highest BCUT2D eigenvalue weighted by atomic mass is 19.1. The lowest BCUT2D eigenvalue weighted by Crippen LogP contribution is -2.26. The Kier molecular flexibility index (Phi) is 5.79. The van der Waals surface area contributed by atoms with Gasteiger partial charge in [-0.15, -0.1) is 0 Å². The minimum atomic E-state index is -0.556. The Hall–Kier alpha value is -4.28. The predicted octanol–water partition coefficient (Wildman–Crippen LogP) is 2.14. The molecule has 0 radical (unpaired) electrons. The van der Waals surface area contributed by atoms with Gasteiger partial charge in [0, 0.05) is 23.9 Å². The number of alkyl carbamates (subject to hydrolysis) is 1. The highest BCUT2D eigenvalue weighted by molar-refractivity contribution is 5.89. The second kappa shape index (κ2) is 8.84. The zero-order valence-corrected chi connectivity index (χ0v) is 17.2. The number of methoxy groups -OCH3 is 1. The Bertz CT molecular complexity index is 1270. The fourth-order valence-electron chi connectivity index (χ4n) is 3.32. The second-order valence-electron chi connectivity index (χ2n) is 6.94. The molecule has 0 aliphatic carbocycles. The number of carbonyl (C=O) groups excluding carboxylic acids is 1. The van der Waals surface area contributed by atoms with Gasteiger partial charge in [0.25, 0.3) is 0 Å². The number of nitrogen functional groups attached to an aromatic ring is 2. The van der Waals surface area contributed by atoms with E-state index in [2.05, 4.69) is 30.1 Å². The standard InChI is InChI=1S/C21H21FN8O2/c1-32-21(31)26-10-8-14-17(23)27-19(28-18(14)24)16-13-6-4-9-25-20(13)30(29-16)11-12-5-2-3-7-15(12)22/h2-7,9H,8,10-11H2,1H3,(H,26,31)(H4,23,24,27,28). The van der Waals surface area contributed by atoms with E-state index in [1.807, 2.05) is 6.07 Å². The van der Waals surface area contributed by atoms with Crippen molar-refractivity contribution in [2.45, 2.75) is 13.0 Å². The van der Waals surface area contributed by atoms with Crippen molar-refractivity contribution < 1.29 is 13.9 Å². The predicted molar refractivity (Wildman–Crippen MR) is 117 cm³/mol. The van der Waals surface area contributed by atoms with Crippen molar-refractivity contribution in [2.75, 3.05) is 25.1 Å². The smallest absolute Gasteiger partial charge is 0.406 e. The number of benzene rings is 1. The fraction of sp³-hybridized carbons (Fsp3) is 0.190. The summed E-state index contributed by atoms with van der Waals surface area (Å²) < 4.78 is 20.3. The normalized spacial score (nSPS) is 10.9. The molecule has 164 valence electrons. The molecule has 0 spiro atoms. The summed E-state index contributed by atoms with van der Waals surface area (Å²) >= 11 is 0. The average molecular weight is 436 g/mol. The number of nitrogens with two attached hydrogens (primary N) is 2. The molecule has 4 rings (SSSR count). The SMILES string of the molecule is COC(=O)NCCc1c(N)nc(-c2nn(Cc3ccccc3F)c3ncccc23)nc1N. The molecule has 0 aliphatic heterocycles. The van der Waals surface area contributed by atoms with E-state index in [9.17, 15) is 9.18 Å². The van der Waals surface area contributed by atoms with Crippen molar-refractivity contribution in [3.8, 4) is 11.5 Å². The van der Waals surface area contributed by atoms with Crippen molar-refractivity contribution in [3.63, 3.8) is 0 Å². The maximum Gasteiger partial charge on any atom is 0.406 e. The quantitative estimate of drug-likeness (QED) is 0.416. The molecular formula is C21H21FN8O2. The molecule has 32 heavy (non-hydrogen) atoms. The molecule has 1 aromatic carbocycles. The maximum atomic E-state index is 14.2. The summed E-state index contributed by atoms with van der Waals surface area (Å²) in [4.78, 5) is 24.4. The summed E-state index contributed by atoms with van der Waals surface area (Å²) in [6.07, 6.45) is 1.41. The Labute approximate surface area is 182 Å². The molecule has 0 saturated carbocycles. The zero-order chi connectivity index (χ0) is 22.7. The number of hydrogen-bond donors (Lipinski definition) is 3. The Morgan fingerprint density at radius 2 is 1.91 bits per heavy atom. The second-order valence-corrected chi connectivity index (χ2v) is 6.94. The summed E-state index contributed by atoms with van der Waals surface area (Å²) in [6.45, 7) is 0.441. The van der Waals surface area contributed by atoms with Gasteiger partial charge in [-0.1, -0.05) is 18.2 Å². The molecule has 10 nitrogen and oxygen atoms in total. The number of carbonyl (C=O) groups is 1. The van der Waals surface area contributed by atoms with Crippen molar-refractivity contribution in [1.29, 1.82) is 0 Å². The number of anilines is 2. The van der Waals surface area contributed by atoms with Gasteiger partial charge >= 0.3 is 6.09 Å². The largest absolute Gasteiger partial charge is 0.453 e. The van der Waals surface area contributed by atoms with Gasteiger partial charge in [0.15, 0.2) is 11.5 Å². The van der Waals surface area contributed by atoms with Crippen molar-refractivity contribution in [1.82, 2.24) is 30.0 Å². The Morgan fingerprint density at radius 3 is 2.62 bits per heavy atom. The highest BCUT2D eigenvalue weighted by Gasteiger charge is 2.19. The van der Waals surface area contributed by atoms with E-state index in [0.717, 1.165) is 0 Å². The van der Waals surface area contributed by atoms with Crippen LogP contribution in [0.5, 0.6) is 0 Å². The summed E-state index contributed by atoms with van der Waals surface area (Å²) in [5, 5.41) is 7.82. The summed E-state index contributed by atoms with van der Waals surface area (Å²) in [6, 6.07) is 10.1. The van der Waals surface area contributed by atoms with Gasteiger partial charge in [-0.05, 0) is 24.6 Å². The van der Waals surface area contributed by atoms with Crippen LogP contribution >= 0.6 is 0 Å². The molecule has 0 bridgehead atoms. The van der Waals surface area contributed by atoms with E-state index < -0.39 is 6.09 Å². The molecule has 0 saturated heterocycles. The minimum absolute atomic E-state index is 0.180. The van der Waals surface area contributed by atoms with Gasteiger partial charge < -0.3 is 21.5 Å². The van der Waals surface area contributed by atoms with E-state index in [1.165, 1.54) is 13.2 Å². The highest BCUT2D eigenvalue weighted by Crippen LogP contribution is 2.28. The molecule has 5 N–H and O–H groups in total. The number of pyridine rings is 1.